The third-order valence-electron chi connectivity index (χ3n) is 3.65. The van der Waals surface area contributed by atoms with Crippen molar-refractivity contribution in [3.63, 3.8) is 0 Å². The van der Waals surface area contributed by atoms with Gasteiger partial charge in [-0.1, -0.05) is 26.0 Å². The van der Waals surface area contributed by atoms with Crippen molar-refractivity contribution in [2.24, 2.45) is 0 Å². The lowest BCUT2D eigenvalue weighted by atomic mass is 10.0. The number of hydrogen-bond donors (Lipinski definition) is 1. The number of nitro groups is 1. The van der Waals surface area contributed by atoms with Gasteiger partial charge in [0, 0.05) is 23.2 Å². The molecule has 23 heavy (non-hydrogen) atoms. The van der Waals surface area contributed by atoms with Gasteiger partial charge >= 0.3 is 0 Å². The third kappa shape index (κ3) is 3.11. The molecule has 2 aromatic carbocycles. The molecular weight excluding hydrogens is 292 g/mol. The summed E-state index contributed by atoms with van der Waals surface area (Å²) in [5, 5.41) is 14.9. The molecule has 1 heterocycles. The lowest BCUT2D eigenvalue weighted by Crippen LogP contribution is -1.98. The van der Waals surface area contributed by atoms with Crippen molar-refractivity contribution in [3.8, 4) is 0 Å². The van der Waals surface area contributed by atoms with E-state index >= 15 is 0 Å². The summed E-state index contributed by atoms with van der Waals surface area (Å²) in [5.74, 6) is 1.06. The van der Waals surface area contributed by atoms with Gasteiger partial charge in [0.25, 0.3) is 5.69 Å². The molecule has 0 amide bonds. The van der Waals surface area contributed by atoms with Crippen molar-refractivity contribution in [1.29, 1.82) is 0 Å². The monoisotopic (exact) mass is 308 g/mol. The molecule has 6 nitrogen and oxygen atoms in total. The van der Waals surface area contributed by atoms with Gasteiger partial charge in [0.05, 0.1) is 10.4 Å². The number of rotatable bonds is 4. The van der Waals surface area contributed by atoms with Crippen molar-refractivity contribution in [2.75, 3.05) is 5.32 Å². The third-order valence-corrected chi connectivity index (χ3v) is 3.65. The van der Waals surface area contributed by atoms with E-state index in [2.05, 4.69) is 41.3 Å². The van der Waals surface area contributed by atoms with Crippen molar-refractivity contribution in [2.45, 2.75) is 19.8 Å². The second-order valence-electron chi connectivity index (χ2n) is 5.59. The van der Waals surface area contributed by atoms with Crippen LogP contribution >= 0.6 is 0 Å². The molecule has 0 bridgehead atoms. The number of non-ortho nitro benzene ring substituents is 1. The van der Waals surface area contributed by atoms with Gasteiger partial charge in [-0.05, 0) is 29.7 Å². The van der Waals surface area contributed by atoms with Gasteiger partial charge in [-0.25, -0.2) is 9.97 Å². The SMILES string of the molecule is CC(C)c1cccc(Nc2ncnc3cc([N+](=O)[O-])ccc23)c1. The van der Waals surface area contributed by atoms with Crippen LogP contribution in [0.4, 0.5) is 17.2 Å². The Morgan fingerprint density at radius 3 is 2.70 bits per heavy atom. The molecule has 0 radical (unpaired) electrons. The first-order chi connectivity index (χ1) is 11.0. The number of fused-ring (bicyclic) bond motifs is 1. The number of nitrogens with zero attached hydrogens (tertiary/aromatic N) is 3. The maximum absolute atomic E-state index is 10.9. The second kappa shape index (κ2) is 6.00. The molecule has 6 heteroatoms. The average Bonchev–Trinajstić information content (AvgIpc) is 2.55. The Balaban J connectivity index is 2.00. The average molecular weight is 308 g/mol. The molecule has 1 aromatic heterocycles. The smallest absolute Gasteiger partial charge is 0.271 e. The van der Waals surface area contributed by atoms with E-state index in [1.807, 2.05) is 12.1 Å². The summed E-state index contributed by atoms with van der Waals surface area (Å²) >= 11 is 0. The van der Waals surface area contributed by atoms with Gasteiger partial charge < -0.3 is 5.32 Å². The van der Waals surface area contributed by atoms with E-state index in [-0.39, 0.29) is 5.69 Å². The molecule has 3 rings (SSSR count). The van der Waals surface area contributed by atoms with Crippen molar-refractivity contribution >= 4 is 28.1 Å². The van der Waals surface area contributed by atoms with Gasteiger partial charge in [0.2, 0.25) is 0 Å². The topological polar surface area (TPSA) is 81.0 Å². The summed E-state index contributed by atoms with van der Waals surface area (Å²) < 4.78 is 0. The Morgan fingerprint density at radius 1 is 1.13 bits per heavy atom. The lowest BCUT2D eigenvalue weighted by Gasteiger charge is -2.11. The van der Waals surface area contributed by atoms with Crippen LogP contribution in [0.2, 0.25) is 0 Å². The number of anilines is 2. The molecule has 0 unspecified atom stereocenters. The Bertz CT molecular complexity index is 877. The highest BCUT2D eigenvalue weighted by Gasteiger charge is 2.10. The van der Waals surface area contributed by atoms with Crippen molar-refractivity contribution in [3.05, 3.63) is 64.5 Å². The van der Waals surface area contributed by atoms with Crippen LogP contribution in [-0.2, 0) is 0 Å². The Hall–Kier alpha value is -3.02. The molecule has 0 saturated carbocycles. The predicted molar refractivity (Wildman–Crippen MR) is 90.0 cm³/mol. The summed E-state index contributed by atoms with van der Waals surface area (Å²) in [5.41, 5.74) is 2.71. The Kier molecular flexibility index (Phi) is 3.89. The van der Waals surface area contributed by atoms with Crippen LogP contribution in [0.3, 0.4) is 0 Å². The molecule has 0 atom stereocenters. The zero-order valence-electron chi connectivity index (χ0n) is 12.9. The van der Waals surface area contributed by atoms with Gasteiger partial charge in [0.1, 0.15) is 12.1 Å². The normalized spacial score (nSPS) is 10.9. The van der Waals surface area contributed by atoms with Gasteiger partial charge in [-0.2, -0.15) is 0 Å². The van der Waals surface area contributed by atoms with Crippen LogP contribution in [0.15, 0.2) is 48.8 Å². The molecule has 0 spiro atoms. The molecule has 116 valence electrons. The summed E-state index contributed by atoms with van der Waals surface area (Å²) in [6, 6.07) is 12.7. The highest BCUT2D eigenvalue weighted by molar-refractivity contribution is 5.91. The summed E-state index contributed by atoms with van der Waals surface area (Å²) in [6.07, 6.45) is 1.40. The fourth-order valence-corrected chi connectivity index (χ4v) is 2.37. The van der Waals surface area contributed by atoms with Crippen LogP contribution < -0.4 is 5.32 Å². The molecule has 0 aliphatic heterocycles. The van der Waals surface area contributed by atoms with Gasteiger partial charge in [0.15, 0.2) is 0 Å². The summed E-state index contributed by atoms with van der Waals surface area (Å²) in [6.45, 7) is 4.27. The number of nitro benzene ring substituents is 1. The number of nitrogens with one attached hydrogen (secondary N) is 1. The molecular formula is C17H16N4O2. The zero-order valence-corrected chi connectivity index (χ0v) is 12.9. The highest BCUT2D eigenvalue weighted by Crippen LogP contribution is 2.27. The molecule has 0 saturated heterocycles. The first-order valence-electron chi connectivity index (χ1n) is 7.31. The quantitative estimate of drug-likeness (QED) is 0.570. The maximum Gasteiger partial charge on any atom is 0.271 e. The van der Waals surface area contributed by atoms with E-state index in [0.717, 1.165) is 11.1 Å². The van der Waals surface area contributed by atoms with Crippen LogP contribution in [0.25, 0.3) is 10.9 Å². The van der Waals surface area contributed by atoms with Gasteiger partial charge in [-0.15, -0.1) is 0 Å². The summed E-state index contributed by atoms with van der Waals surface area (Å²) in [4.78, 5) is 18.8. The van der Waals surface area contributed by atoms with Crippen LogP contribution in [0, 0.1) is 10.1 Å². The second-order valence-corrected chi connectivity index (χ2v) is 5.59. The number of hydrogen-bond acceptors (Lipinski definition) is 5. The fraction of sp³-hybridized carbons (Fsp3) is 0.176. The fourth-order valence-electron chi connectivity index (χ4n) is 2.37. The van der Waals surface area contributed by atoms with Gasteiger partial charge in [-0.3, -0.25) is 10.1 Å². The van der Waals surface area contributed by atoms with E-state index in [0.29, 0.717) is 17.3 Å². The van der Waals surface area contributed by atoms with Crippen LogP contribution in [0.5, 0.6) is 0 Å². The standard InChI is InChI=1S/C17H16N4O2/c1-11(2)12-4-3-5-13(8-12)20-17-15-7-6-14(21(22)23)9-16(15)18-10-19-17/h3-11H,1-2H3,(H,18,19,20). The molecule has 0 aliphatic rings. The number of benzene rings is 2. The minimum Gasteiger partial charge on any atom is -0.340 e. The van der Waals surface area contributed by atoms with E-state index in [1.54, 1.807) is 6.07 Å². The Morgan fingerprint density at radius 2 is 1.96 bits per heavy atom. The lowest BCUT2D eigenvalue weighted by molar-refractivity contribution is -0.384. The van der Waals surface area contributed by atoms with E-state index < -0.39 is 4.92 Å². The largest absolute Gasteiger partial charge is 0.340 e. The van der Waals surface area contributed by atoms with E-state index in [9.17, 15) is 10.1 Å². The molecule has 0 fully saturated rings. The minimum absolute atomic E-state index is 0.0176. The first kappa shape index (κ1) is 14.9. The summed E-state index contributed by atoms with van der Waals surface area (Å²) in [7, 11) is 0. The molecule has 0 aliphatic carbocycles. The van der Waals surface area contributed by atoms with Crippen LogP contribution in [0.1, 0.15) is 25.3 Å². The van der Waals surface area contributed by atoms with E-state index in [4.69, 9.17) is 0 Å². The maximum atomic E-state index is 10.9. The van der Waals surface area contributed by atoms with Crippen molar-refractivity contribution < 1.29 is 4.92 Å². The number of aromatic nitrogens is 2. The predicted octanol–water partition coefficient (Wildman–Crippen LogP) is 4.41. The van der Waals surface area contributed by atoms with E-state index in [1.165, 1.54) is 24.0 Å². The zero-order chi connectivity index (χ0) is 16.4. The first-order valence-corrected chi connectivity index (χ1v) is 7.31. The minimum atomic E-state index is -0.430. The Labute approximate surface area is 133 Å². The molecule has 1 N–H and O–H groups in total. The van der Waals surface area contributed by atoms with Crippen molar-refractivity contribution in [1.82, 2.24) is 9.97 Å². The highest BCUT2D eigenvalue weighted by atomic mass is 16.6. The van der Waals surface area contributed by atoms with Crippen LogP contribution in [-0.4, -0.2) is 14.9 Å². The molecule has 3 aromatic rings.